The Labute approximate surface area is 200 Å². The molecule has 14 nitrogen and oxygen atoms in total. The number of hydrogen-bond acceptors (Lipinski definition) is 8. The van der Waals surface area contributed by atoms with E-state index in [4.69, 9.17) is 22.3 Å². The number of phenols is 1. The summed E-state index contributed by atoms with van der Waals surface area (Å²) in [5, 5.41) is 25.2. The van der Waals surface area contributed by atoms with Crippen LogP contribution in [0.5, 0.6) is 5.75 Å². The fourth-order valence-corrected chi connectivity index (χ4v) is 2.90. The number of primary amides is 2. The molecule has 192 valence electrons. The number of amides is 5. The van der Waals surface area contributed by atoms with Gasteiger partial charge in [-0.1, -0.05) is 12.1 Å². The van der Waals surface area contributed by atoms with Crippen molar-refractivity contribution >= 4 is 35.5 Å². The molecule has 0 saturated carbocycles. The zero-order valence-corrected chi connectivity index (χ0v) is 18.9. The topological polar surface area (TPSA) is 257 Å². The molecule has 1 aromatic carbocycles. The predicted octanol–water partition coefficient (Wildman–Crippen LogP) is -3.04. The molecule has 0 aliphatic rings. The van der Waals surface area contributed by atoms with Gasteiger partial charge in [0.25, 0.3) is 0 Å². The summed E-state index contributed by atoms with van der Waals surface area (Å²) in [7, 11) is 0. The molecule has 0 bridgehead atoms. The molecule has 5 amide bonds. The first kappa shape index (κ1) is 28.8. The maximum absolute atomic E-state index is 13.0. The third kappa shape index (κ3) is 11.5. The van der Waals surface area contributed by atoms with Gasteiger partial charge in [0.15, 0.2) is 0 Å². The van der Waals surface area contributed by atoms with Gasteiger partial charge < -0.3 is 43.4 Å². The van der Waals surface area contributed by atoms with Crippen LogP contribution in [0.4, 0.5) is 0 Å². The minimum Gasteiger partial charge on any atom is -0.508 e. The molecule has 11 N–H and O–H groups in total. The van der Waals surface area contributed by atoms with E-state index in [0.29, 0.717) is 5.56 Å². The fraction of sp³-hybridized carbons (Fsp3) is 0.429. The number of carbonyl (C=O) groups is 6. The van der Waals surface area contributed by atoms with Crippen LogP contribution in [0, 0.1) is 0 Å². The zero-order chi connectivity index (χ0) is 26.5. The number of nitrogens with two attached hydrogens (primary N) is 3. The predicted molar refractivity (Wildman–Crippen MR) is 121 cm³/mol. The largest absolute Gasteiger partial charge is 0.508 e. The van der Waals surface area contributed by atoms with Gasteiger partial charge in [-0.05, 0) is 30.5 Å². The number of carboxylic acid groups (broad SMARTS) is 1. The summed E-state index contributed by atoms with van der Waals surface area (Å²) >= 11 is 0. The second-order valence-electron chi connectivity index (χ2n) is 7.72. The highest BCUT2D eigenvalue weighted by atomic mass is 16.4. The van der Waals surface area contributed by atoms with Crippen LogP contribution in [0.15, 0.2) is 24.3 Å². The molecule has 0 fully saturated rings. The van der Waals surface area contributed by atoms with Gasteiger partial charge in [0.1, 0.15) is 24.4 Å². The van der Waals surface area contributed by atoms with Crippen LogP contribution in [0.3, 0.4) is 0 Å². The molecule has 1 rings (SSSR count). The number of hydrogen-bond donors (Lipinski definition) is 8. The highest BCUT2D eigenvalue weighted by Gasteiger charge is 2.29. The molecule has 14 heteroatoms. The van der Waals surface area contributed by atoms with Gasteiger partial charge in [-0.2, -0.15) is 0 Å². The molecule has 0 heterocycles. The highest BCUT2D eigenvalue weighted by molar-refractivity contribution is 5.94. The van der Waals surface area contributed by atoms with Crippen LogP contribution < -0.4 is 33.2 Å². The molecule has 35 heavy (non-hydrogen) atoms. The Kier molecular flexibility index (Phi) is 11.7. The average Bonchev–Trinajstić information content (AvgIpc) is 2.78. The lowest BCUT2D eigenvalue weighted by Crippen LogP contribution is -2.56. The van der Waals surface area contributed by atoms with Gasteiger partial charge in [0.05, 0.1) is 6.04 Å². The number of carboxylic acids is 1. The van der Waals surface area contributed by atoms with Gasteiger partial charge >= 0.3 is 5.97 Å². The van der Waals surface area contributed by atoms with Crippen molar-refractivity contribution < 1.29 is 39.0 Å². The maximum Gasteiger partial charge on any atom is 0.322 e. The summed E-state index contributed by atoms with van der Waals surface area (Å²) in [6.07, 6.45) is -0.779. The molecule has 0 saturated heterocycles. The van der Waals surface area contributed by atoms with Crippen molar-refractivity contribution in [1.82, 2.24) is 16.0 Å². The summed E-state index contributed by atoms with van der Waals surface area (Å²) in [4.78, 5) is 70.8. The molecule has 0 spiro atoms. The number of nitrogens with one attached hydrogen (secondary N) is 3. The van der Waals surface area contributed by atoms with Gasteiger partial charge in [0, 0.05) is 19.3 Å². The molecule has 1 aromatic rings. The Bertz CT molecular complexity index is 936. The first-order valence-corrected chi connectivity index (χ1v) is 10.6. The lowest BCUT2D eigenvalue weighted by atomic mass is 10.0. The van der Waals surface area contributed by atoms with E-state index >= 15 is 0 Å². The van der Waals surface area contributed by atoms with Crippen LogP contribution in [-0.2, 0) is 35.2 Å². The Morgan fingerprint density at radius 3 is 1.89 bits per heavy atom. The third-order valence-corrected chi connectivity index (χ3v) is 4.77. The van der Waals surface area contributed by atoms with Crippen molar-refractivity contribution in [2.45, 2.75) is 50.2 Å². The average molecular weight is 495 g/mol. The monoisotopic (exact) mass is 494 g/mol. The maximum atomic E-state index is 13.0. The smallest absolute Gasteiger partial charge is 0.322 e. The van der Waals surface area contributed by atoms with E-state index in [0.717, 1.165) is 0 Å². The standard InChI is InChI=1S/C21H30N6O8/c22-13(5-7-16(23)29)19(33)27-15(9-11-1-3-12(28)4-2-11)21(35)26-14(6-8-17(24)30)20(34)25-10-18(31)32/h1-4,13-15,28H,5-10,22H2,(H2,23,29)(H2,24,30)(H,25,34)(H,26,35)(H,27,33)(H,31,32). The van der Waals surface area contributed by atoms with E-state index in [9.17, 15) is 33.9 Å². The first-order chi connectivity index (χ1) is 16.4. The highest BCUT2D eigenvalue weighted by Crippen LogP contribution is 2.12. The third-order valence-electron chi connectivity index (χ3n) is 4.77. The van der Waals surface area contributed by atoms with E-state index in [2.05, 4.69) is 16.0 Å². The Morgan fingerprint density at radius 2 is 1.34 bits per heavy atom. The Balaban J connectivity index is 3.05. The van der Waals surface area contributed by atoms with E-state index in [1.807, 2.05) is 0 Å². The molecular formula is C21H30N6O8. The van der Waals surface area contributed by atoms with Gasteiger partial charge in [-0.15, -0.1) is 0 Å². The minimum atomic E-state index is -1.32. The molecule has 3 unspecified atom stereocenters. The number of carbonyl (C=O) groups excluding carboxylic acids is 5. The van der Waals surface area contributed by atoms with Gasteiger partial charge in [-0.25, -0.2) is 0 Å². The quantitative estimate of drug-likeness (QED) is 0.123. The van der Waals surface area contributed by atoms with Crippen molar-refractivity contribution in [3.8, 4) is 5.75 Å². The second kappa shape index (κ2) is 14.1. The van der Waals surface area contributed by atoms with Crippen LogP contribution in [0.1, 0.15) is 31.2 Å². The molecule has 0 aliphatic carbocycles. The van der Waals surface area contributed by atoms with E-state index in [1.165, 1.54) is 24.3 Å². The molecule has 3 atom stereocenters. The number of phenolic OH excluding ortho intramolecular Hbond substituents is 1. The van der Waals surface area contributed by atoms with Gasteiger partial charge in [0.2, 0.25) is 29.5 Å². The van der Waals surface area contributed by atoms with E-state index in [1.54, 1.807) is 0 Å². The zero-order valence-electron chi connectivity index (χ0n) is 18.9. The second-order valence-corrected chi connectivity index (χ2v) is 7.72. The van der Waals surface area contributed by atoms with E-state index in [-0.39, 0.29) is 37.9 Å². The summed E-state index contributed by atoms with van der Waals surface area (Å²) in [5.74, 6) is -5.19. The summed E-state index contributed by atoms with van der Waals surface area (Å²) in [6, 6.07) is 2.05. The van der Waals surface area contributed by atoms with Crippen molar-refractivity contribution in [2.24, 2.45) is 17.2 Å². The lowest BCUT2D eigenvalue weighted by Gasteiger charge is -2.24. The number of rotatable bonds is 15. The van der Waals surface area contributed by atoms with Crippen molar-refractivity contribution in [2.75, 3.05) is 6.54 Å². The Morgan fingerprint density at radius 1 is 0.800 bits per heavy atom. The SMILES string of the molecule is NC(=O)CCC(N)C(=O)NC(Cc1ccc(O)cc1)C(=O)NC(CCC(N)=O)C(=O)NCC(=O)O. The molecule has 0 radical (unpaired) electrons. The van der Waals surface area contributed by atoms with Crippen molar-refractivity contribution in [1.29, 1.82) is 0 Å². The number of benzene rings is 1. The fourth-order valence-electron chi connectivity index (χ4n) is 2.90. The van der Waals surface area contributed by atoms with Crippen LogP contribution in [-0.4, -0.2) is 70.4 Å². The minimum absolute atomic E-state index is 0.0196. The molecular weight excluding hydrogens is 464 g/mol. The number of aliphatic carboxylic acids is 1. The van der Waals surface area contributed by atoms with Crippen LogP contribution >= 0.6 is 0 Å². The summed E-state index contributed by atoms with van der Waals surface area (Å²) < 4.78 is 0. The van der Waals surface area contributed by atoms with E-state index < -0.39 is 60.2 Å². The molecule has 0 aliphatic heterocycles. The summed E-state index contributed by atoms with van der Waals surface area (Å²) in [6.45, 7) is -0.718. The molecule has 0 aromatic heterocycles. The van der Waals surface area contributed by atoms with Crippen LogP contribution in [0.2, 0.25) is 0 Å². The first-order valence-electron chi connectivity index (χ1n) is 10.6. The normalized spacial score (nSPS) is 13.1. The van der Waals surface area contributed by atoms with Crippen molar-refractivity contribution in [3.05, 3.63) is 29.8 Å². The van der Waals surface area contributed by atoms with Gasteiger partial charge in [-0.3, -0.25) is 28.8 Å². The summed E-state index contributed by atoms with van der Waals surface area (Å²) in [5.41, 5.74) is 16.5. The van der Waals surface area contributed by atoms with Crippen molar-refractivity contribution in [3.63, 3.8) is 0 Å². The lowest BCUT2D eigenvalue weighted by molar-refractivity contribution is -0.138. The number of aromatic hydroxyl groups is 1. The van der Waals surface area contributed by atoms with Crippen LogP contribution in [0.25, 0.3) is 0 Å². The Hall–Kier alpha value is -4.20.